The SMILES string of the molecule is CCC(C)=NC(=N)OCC(F)(F)F. The molecule has 0 bridgehead atoms. The molecule has 0 aromatic carbocycles. The molecule has 0 saturated carbocycles. The van der Waals surface area contributed by atoms with Crippen LogP contribution in [0, 0.1) is 5.41 Å². The molecule has 0 amide bonds. The average Bonchev–Trinajstić information content (AvgIpc) is 1.99. The van der Waals surface area contributed by atoms with Crippen molar-refractivity contribution in [2.24, 2.45) is 4.99 Å². The van der Waals surface area contributed by atoms with E-state index >= 15 is 0 Å². The Morgan fingerprint density at radius 3 is 2.38 bits per heavy atom. The summed E-state index contributed by atoms with van der Waals surface area (Å²) in [5, 5.41) is 6.89. The van der Waals surface area contributed by atoms with Gasteiger partial charge in [-0.05, 0) is 13.3 Å². The summed E-state index contributed by atoms with van der Waals surface area (Å²) in [4.78, 5) is 3.48. The number of aliphatic imine (C=N–C) groups is 1. The minimum absolute atomic E-state index is 0.562. The summed E-state index contributed by atoms with van der Waals surface area (Å²) in [5.41, 5.74) is 0.562. The van der Waals surface area contributed by atoms with Gasteiger partial charge in [-0.15, -0.1) is 0 Å². The Kier molecular flexibility index (Phi) is 4.44. The minimum Gasteiger partial charge on any atom is -0.454 e. The predicted octanol–water partition coefficient (Wildman–Crippen LogP) is 2.37. The third-order valence-electron chi connectivity index (χ3n) is 1.18. The van der Waals surface area contributed by atoms with Gasteiger partial charge in [-0.1, -0.05) is 6.92 Å². The second-order valence-electron chi connectivity index (χ2n) is 2.41. The topological polar surface area (TPSA) is 45.4 Å². The first-order chi connectivity index (χ1) is 5.85. The first-order valence-corrected chi connectivity index (χ1v) is 3.67. The number of alkyl halides is 3. The Morgan fingerprint density at radius 2 is 2.00 bits per heavy atom. The normalized spacial score (nSPS) is 12.8. The molecule has 0 unspecified atom stereocenters. The maximum absolute atomic E-state index is 11.6. The number of rotatable bonds is 2. The lowest BCUT2D eigenvalue weighted by Gasteiger charge is -2.06. The van der Waals surface area contributed by atoms with Crippen molar-refractivity contribution in [3.8, 4) is 0 Å². The molecule has 0 aliphatic rings. The molecule has 76 valence electrons. The van der Waals surface area contributed by atoms with E-state index in [-0.39, 0.29) is 0 Å². The standard InChI is InChI=1S/C7H11F3N2O/c1-3-5(2)12-6(11)13-4-7(8,9)10/h11H,3-4H2,1-2H3. The van der Waals surface area contributed by atoms with Gasteiger partial charge in [0, 0.05) is 5.71 Å². The van der Waals surface area contributed by atoms with Gasteiger partial charge in [0.2, 0.25) is 0 Å². The summed E-state index contributed by atoms with van der Waals surface area (Å²) in [6.45, 7) is 1.94. The van der Waals surface area contributed by atoms with Crippen molar-refractivity contribution in [3.63, 3.8) is 0 Å². The van der Waals surface area contributed by atoms with E-state index in [1.807, 2.05) is 0 Å². The lowest BCUT2D eigenvalue weighted by atomic mass is 10.3. The third kappa shape index (κ3) is 7.30. The fourth-order valence-electron chi connectivity index (χ4n) is 0.435. The molecule has 0 atom stereocenters. The fraction of sp³-hybridized carbons (Fsp3) is 0.714. The van der Waals surface area contributed by atoms with Crippen molar-refractivity contribution in [1.29, 1.82) is 5.41 Å². The number of amidine groups is 1. The lowest BCUT2D eigenvalue weighted by molar-refractivity contribution is -0.156. The molecule has 0 aliphatic carbocycles. The Morgan fingerprint density at radius 1 is 1.46 bits per heavy atom. The molecule has 0 rings (SSSR count). The summed E-state index contributed by atoms with van der Waals surface area (Å²) < 4.78 is 38.7. The third-order valence-corrected chi connectivity index (χ3v) is 1.18. The molecule has 0 heterocycles. The van der Waals surface area contributed by atoms with Gasteiger partial charge in [-0.2, -0.15) is 13.2 Å². The number of hydrogen-bond donors (Lipinski definition) is 1. The van der Waals surface area contributed by atoms with Gasteiger partial charge in [-0.25, -0.2) is 10.4 Å². The van der Waals surface area contributed by atoms with Crippen LogP contribution in [0.25, 0.3) is 0 Å². The molecule has 0 aromatic rings. The van der Waals surface area contributed by atoms with Gasteiger partial charge in [0.25, 0.3) is 0 Å². The quantitative estimate of drug-likeness (QED) is 0.534. The number of halogens is 3. The van der Waals surface area contributed by atoms with Crippen molar-refractivity contribution in [1.82, 2.24) is 0 Å². The molecule has 0 saturated heterocycles. The number of ether oxygens (including phenoxy) is 1. The van der Waals surface area contributed by atoms with E-state index in [1.54, 1.807) is 13.8 Å². The van der Waals surface area contributed by atoms with E-state index in [0.717, 1.165) is 0 Å². The molecule has 0 spiro atoms. The zero-order chi connectivity index (χ0) is 10.5. The van der Waals surface area contributed by atoms with Crippen LogP contribution < -0.4 is 0 Å². The monoisotopic (exact) mass is 196 g/mol. The van der Waals surface area contributed by atoms with Crippen LogP contribution in [-0.2, 0) is 4.74 Å². The highest BCUT2D eigenvalue weighted by Gasteiger charge is 2.28. The summed E-state index contributed by atoms with van der Waals surface area (Å²) in [6.07, 6.45) is -3.83. The highest BCUT2D eigenvalue weighted by atomic mass is 19.4. The summed E-state index contributed by atoms with van der Waals surface area (Å²) in [6, 6.07) is -0.698. The summed E-state index contributed by atoms with van der Waals surface area (Å²) in [5.74, 6) is 0. The van der Waals surface area contributed by atoms with Crippen molar-refractivity contribution in [2.75, 3.05) is 6.61 Å². The van der Waals surface area contributed by atoms with Crippen molar-refractivity contribution in [3.05, 3.63) is 0 Å². The molecule has 0 aromatic heterocycles. The lowest BCUT2D eigenvalue weighted by Crippen LogP contribution is -2.19. The zero-order valence-electron chi connectivity index (χ0n) is 7.40. The van der Waals surface area contributed by atoms with Crippen molar-refractivity contribution in [2.45, 2.75) is 26.4 Å². The molecular formula is C7H11F3N2O. The Hall–Kier alpha value is -1.07. The molecule has 1 N–H and O–H groups in total. The van der Waals surface area contributed by atoms with Crippen LogP contribution in [0.4, 0.5) is 13.2 Å². The molecule has 0 radical (unpaired) electrons. The molecule has 0 fully saturated rings. The molecule has 3 nitrogen and oxygen atoms in total. The second-order valence-corrected chi connectivity index (χ2v) is 2.41. The van der Waals surface area contributed by atoms with Gasteiger partial charge in [-0.3, -0.25) is 0 Å². The minimum atomic E-state index is -4.41. The van der Waals surface area contributed by atoms with Crippen LogP contribution >= 0.6 is 0 Å². The highest BCUT2D eigenvalue weighted by Crippen LogP contribution is 2.14. The number of nitrogens with one attached hydrogen (secondary N) is 1. The van der Waals surface area contributed by atoms with Gasteiger partial charge in [0.15, 0.2) is 6.61 Å². The predicted molar refractivity (Wildman–Crippen MR) is 43.1 cm³/mol. The van der Waals surface area contributed by atoms with E-state index in [2.05, 4.69) is 9.73 Å². The van der Waals surface area contributed by atoms with Gasteiger partial charge in [0.05, 0.1) is 0 Å². The smallest absolute Gasteiger partial charge is 0.422 e. The van der Waals surface area contributed by atoms with Crippen LogP contribution in [0.5, 0.6) is 0 Å². The maximum atomic E-state index is 11.6. The Bertz CT molecular complexity index is 210. The van der Waals surface area contributed by atoms with Crippen molar-refractivity contribution >= 4 is 11.7 Å². The van der Waals surface area contributed by atoms with E-state index < -0.39 is 18.8 Å². The number of nitrogens with zero attached hydrogens (tertiary/aromatic N) is 1. The average molecular weight is 196 g/mol. The van der Waals surface area contributed by atoms with Gasteiger partial charge in [0.1, 0.15) is 0 Å². The Balaban J connectivity index is 3.90. The summed E-state index contributed by atoms with van der Waals surface area (Å²) >= 11 is 0. The van der Waals surface area contributed by atoms with Gasteiger partial charge >= 0.3 is 12.2 Å². The van der Waals surface area contributed by atoms with Crippen molar-refractivity contribution < 1.29 is 17.9 Å². The number of hydrogen-bond acceptors (Lipinski definition) is 2. The first-order valence-electron chi connectivity index (χ1n) is 3.67. The molecular weight excluding hydrogens is 185 g/mol. The van der Waals surface area contributed by atoms with E-state index in [1.165, 1.54) is 0 Å². The van der Waals surface area contributed by atoms with E-state index in [4.69, 9.17) is 5.41 Å². The summed E-state index contributed by atoms with van der Waals surface area (Å²) in [7, 11) is 0. The highest BCUT2D eigenvalue weighted by molar-refractivity contribution is 5.92. The fourth-order valence-corrected chi connectivity index (χ4v) is 0.435. The molecule has 0 aliphatic heterocycles. The van der Waals surface area contributed by atoms with Crippen LogP contribution in [-0.4, -0.2) is 24.5 Å². The second kappa shape index (κ2) is 4.84. The van der Waals surface area contributed by atoms with E-state index in [9.17, 15) is 13.2 Å². The Labute approximate surface area is 74.1 Å². The van der Waals surface area contributed by atoms with Gasteiger partial charge < -0.3 is 4.74 Å². The van der Waals surface area contributed by atoms with Crippen LogP contribution in [0.3, 0.4) is 0 Å². The van der Waals surface area contributed by atoms with Crippen LogP contribution in [0.2, 0.25) is 0 Å². The van der Waals surface area contributed by atoms with E-state index in [0.29, 0.717) is 12.1 Å². The molecule has 13 heavy (non-hydrogen) atoms. The van der Waals surface area contributed by atoms with Crippen LogP contribution in [0.15, 0.2) is 4.99 Å². The molecule has 6 heteroatoms. The first kappa shape index (κ1) is 11.9. The largest absolute Gasteiger partial charge is 0.454 e. The van der Waals surface area contributed by atoms with Crippen LogP contribution in [0.1, 0.15) is 20.3 Å². The maximum Gasteiger partial charge on any atom is 0.422 e. The zero-order valence-corrected chi connectivity index (χ0v) is 7.40.